The van der Waals surface area contributed by atoms with Crippen molar-refractivity contribution in [1.29, 1.82) is 0 Å². The van der Waals surface area contributed by atoms with Crippen LogP contribution >= 0.6 is 23.2 Å². The minimum absolute atomic E-state index is 0.0609. The van der Waals surface area contributed by atoms with Gasteiger partial charge in [-0.05, 0) is 89.4 Å². The number of halogens is 2. The number of carbonyl (C=O) groups excluding carboxylic acids is 1. The smallest absolute Gasteiger partial charge is 0.411 e. The fraction of sp³-hybridized carbons (Fsp3) is 0.262. The van der Waals surface area contributed by atoms with E-state index in [2.05, 4.69) is 65.7 Å². The maximum Gasteiger partial charge on any atom is 0.411 e. The number of phenolic OH excluding ortho intramolecular Hbond substituents is 2. The van der Waals surface area contributed by atoms with Crippen LogP contribution in [0.1, 0.15) is 35.1 Å². The number of allylic oxidation sites excluding steroid dienone is 6. The first kappa shape index (κ1) is 39.3. The van der Waals surface area contributed by atoms with Crippen LogP contribution in [0.3, 0.4) is 0 Å². The number of nitrogens with zero attached hydrogens (tertiary/aromatic N) is 2. The number of hydrogen-bond acceptors (Lipinski definition) is 6. The summed E-state index contributed by atoms with van der Waals surface area (Å²) < 4.78 is 5.74. The fourth-order valence-electron chi connectivity index (χ4n) is 5.81. The van der Waals surface area contributed by atoms with Gasteiger partial charge in [-0.25, -0.2) is 4.79 Å². The van der Waals surface area contributed by atoms with Gasteiger partial charge >= 0.3 is 6.09 Å². The molecule has 1 heterocycles. The Labute approximate surface area is 312 Å². The Kier molecular flexibility index (Phi) is 15.2. The van der Waals surface area contributed by atoms with Gasteiger partial charge in [-0.2, -0.15) is 0 Å². The Balaban J connectivity index is 1.23. The van der Waals surface area contributed by atoms with Crippen LogP contribution in [0.15, 0.2) is 134 Å². The molecule has 0 unspecified atom stereocenters. The third kappa shape index (κ3) is 12.6. The van der Waals surface area contributed by atoms with Crippen molar-refractivity contribution in [2.24, 2.45) is 0 Å². The maximum atomic E-state index is 12.7. The number of likely N-dealkylation sites (tertiary alicyclic amines) is 1. The number of alkyl carbamates (subject to hydrolysis) is 1. The van der Waals surface area contributed by atoms with E-state index in [0.717, 1.165) is 63.0 Å². The molecule has 0 spiro atoms. The Morgan fingerprint density at radius 1 is 0.863 bits per heavy atom. The third-order valence-electron chi connectivity index (χ3n) is 8.77. The Morgan fingerprint density at radius 3 is 1.94 bits per heavy atom. The SMILES string of the molecule is C=C/C=C\C(=C)C(=C)/C(=C\C=C)NC(=O)OC1CCN(CCc2ccc(CCN(Cc3ccc(O)c(Cl)c3)Cc3ccc(O)c(Cl)c3)cc2)CC1. The van der Waals surface area contributed by atoms with E-state index in [1.165, 1.54) is 11.1 Å². The topological polar surface area (TPSA) is 85.3 Å². The summed E-state index contributed by atoms with van der Waals surface area (Å²) in [4.78, 5) is 17.4. The molecule has 3 aromatic rings. The molecule has 0 aromatic heterocycles. The Morgan fingerprint density at radius 2 is 1.41 bits per heavy atom. The van der Waals surface area contributed by atoms with Gasteiger partial charge in [0.05, 0.1) is 15.7 Å². The average Bonchev–Trinajstić information content (AvgIpc) is 3.12. The van der Waals surface area contributed by atoms with Gasteiger partial charge in [-0.1, -0.05) is 110 Å². The summed E-state index contributed by atoms with van der Waals surface area (Å²) in [5.74, 6) is 0.122. The van der Waals surface area contributed by atoms with Crippen molar-refractivity contribution in [3.05, 3.63) is 167 Å². The molecule has 4 rings (SSSR count). The first-order valence-corrected chi connectivity index (χ1v) is 17.8. The van der Waals surface area contributed by atoms with Gasteiger partial charge in [-0.15, -0.1) is 0 Å². The van der Waals surface area contributed by atoms with E-state index >= 15 is 0 Å². The summed E-state index contributed by atoms with van der Waals surface area (Å²) in [6.07, 6.45) is 11.1. The van der Waals surface area contributed by atoms with E-state index in [-0.39, 0.29) is 17.6 Å². The summed E-state index contributed by atoms with van der Waals surface area (Å²) in [6.45, 7) is 20.1. The number of benzene rings is 3. The molecule has 1 fully saturated rings. The summed E-state index contributed by atoms with van der Waals surface area (Å²) in [5.41, 5.74) is 6.22. The van der Waals surface area contributed by atoms with Crippen LogP contribution in [0.5, 0.6) is 11.5 Å². The molecule has 268 valence electrons. The number of piperidine rings is 1. The number of rotatable bonds is 17. The predicted octanol–water partition coefficient (Wildman–Crippen LogP) is 9.31. The lowest BCUT2D eigenvalue weighted by Crippen LogP contribution is -2.40. The predicted molar refractivity (Wildman–Crippen MR) is 209 cm³/mol. The number of carbonyl (C=O) groups is 1. The zero-order valence-corrected chi connectivity index (χ0v) is 30.5. The van der Waals surface area contributed by atoms with Gasteiger partial charge in [0.1, 0.15) is 17.6 Å². The van der Waals surface area contributed by atoms with Crippen LogP contribution < -0.4 is 5.32 Å². The molecule has 1 saturated heterocycles. The molecule has 1 aliphatic rings. The number of aromatic hydroxyl groups is 2. The normalized spacial score (nSPS) is 14.1. The van der Waals surface area contributed by atoms with Crippen LogP contribution in [0, 0.1) is 0 Å². The zero-order chi connectivity index (χ0) is 36.8. The largest absolute Gasteiger partial charge is 0.506 e. The highest BCUT2D eigenvalue weighted by molar-refractivity contribution is 6.32. The highest BCUT2D eigenvalue weighted by Gasteiger charge is 2.23. The first-order chi connectivity index (χ1) is 24.5. The minimum atomic E-state index is -0.513. The number of ether oxygens (including phenoxy) is 1. The molecule has 0 saturated carbocycles. The van der Waals surface area contributed by atoms with E-state index in [0.29, 0.717) is 40.0 Å². The van der Waals surface area contributed by atoms with Crippen molar-refractivity contribution in [3.8, 4) is 11.5 Å². The van der Waals surface area contributed by atoms with E-state index in [9.17, 15) is 15.0 Å². The highest BCUT2D eigenvalue weighted by Crippen LogP contribution is 2.27. The molecule has 3 N–H and O–H groups in total. The molecule has 7 nitrogen and oxygen atoms in total. The van der Waals surface area contributed by atoms with Crippen molar-refractivity contribution in [2.45, 2.75) is 44.9 Å². The molecule has 9 heteroatoms. The van der Waals surface area contributed by atoms with Crippen LogP contribution in [0.25, 0.3) is 0 Å². The first-order valence-electron chi connectivity index (χ1n) is 17.0. The van der Waals surface area contributed by atoms with Crippen molar-refractivity contribution in [2.75, 3.05) is 26.2 Å². The van der Waals surface area contributed by atoms with E-state index < -0.39 is 6.09 Å². The van der Waals surface area contributed by atoms with Crippen LogP contribution in [0.4, 0.5) is 4.79 Å². The van der Waals surface area contributed by atoms with Crippen LogP contribution in [0.2, 0.25) is 10.0 Å². The number of nitrogens with one attached hydrogen (secondary N) is 1. The lowest BCUT2D eigenvalue weighted by molar-refractivity contribution is 0.0527. The monoisotopic (exact) mass is 727 g/mol. The maximum absolute atomic E-state index is 12.7. The molecule has 0 atom stereocenters. The van der Waals surface area contributed by atoms with Crippen LogP contribution in [-0.4, -0.2) is 58.4 Å². The molecule has 0 aliphatic carbocycles. The van der Waals surface area contributed by atoms with Crippen molar-refractivity contribution >= 4 is 29.3 Å². The zero-order valence-electron chi connectivity index (χ0n) is 29.0. The fourth-order valence-corrected chi connectivity index (χ4v) is 6.22. The Hall–Kier alpha value is -4.53. The summed E-state index contributed by atoms with van der Waals surface area (Å²) >= 11 is 12.4. The quantitative estimate of drug-likeness (QED) is 0.120. The van der Waals surface area contributed by atoms with E-state index in [4.69, 9.17) is 27.9 Å². The lowest BCUT2D eigenvalue weighted by atomic mass is 10.0. The summed E-state index contributed by atoms with van der Waals surface area (Å²) in [5, 5.41) is 23.2. The Bertz CT molecular complexity index is 1700. The van der Waals surface area contributed by atoms with Gasteiger partial charge in [0.25, 0.3) is 0 Å². The number of phenols is 2. The van der Waals surface area contributed by atoms with Gasteiger partial charge in [0.15, 0.2) is 0 Å². The number of amides is 1. The van der Waals surface area contributed by atoms with Crippen molar-refractivity contribution < 1.29 is 19.7 Å². The van der Waals surface area contributed by atoms with E-state index in [1.807, 2.05) is 12.1 Å². The van der Waals surface area contributed by atoms with Crippen molar-refractivity contribution in [3.63, 3.8) is 0 Å². The second-order valence-corrected chi connectivity index (χ2v) is 13.4. The molecular weight excluding hydrogens is 681 g/mol. The molecule has 1 amide bonds. The standard InChI is InChI=1S/C42H47Cl2N3O4/c1-5-7-9-30(3)31(4)39(8-6-2)45-42(50)51-36-20-24-46(25-21-36)22-18-32-10-12-33(13-11-32)19-23-47(28-34-14-16-40(48)37(43)26-34)29-35-15-17-41(49)38(44)27-35/h5-17,26-27,36,48-49H,1-4,18-25,28-29H2,(H,45,50)/b9-7-,39-8+. The van der Waals surface area contributed by atoms with Gasteiger partial charge < -0.3 is 19.8 Å². The average molecular weight is 729 g/mol. The number of hydrogen-bond donors (Lipinski definition) is 3. The van der Waals surface area contributed by atoms with Gasteiger partial charge in [0.2, 0.25) is 0 Å². The summed E-state index contributed by atoms with van der Waals surface area (Å²) in [6, 6.07) is 19.3. The van der Waals surface area contributed by atoms with E-state index in [1.54, 1.807) is 54.6 Å². The molecule has 0 radical (unpaired) electrons. The summed E-state index contributed by atoms with van der Waals surface area (Å²) in [7, 11) is 0. The highest BCUT2D eigenvalue weighted by atomic mass is 35.5. The molecule has 0 bridgehead atoms. The van der Waals surface area contributed by atoms with Crippen molar-refractivity contribution in [1.82, 2.24) is 15.1 Å². The second kappa shape index (κ2) is 19.8. The molecule has 3 aromatic carbocycles. The molecular formula is C42H47Cl2N3O4. The third-order valence-corrected chi connectivity index (χ3v) is 9.37. The molecule has 1 aliphatic heterocycles. The van der Waals surface area contributed by atoms with Crippen LogP contribution in [-0.2, 0) is 30.7 Å². The van der Waals surface area contributed by atoms with Gasteiger partial charge in [0, 0.05) is 39.3 Å². The minimum Gasteiger partial charge on any atom is -0.506 e. The molecule has 51 heavy (non-hydrogen) atoms. The lowest BCUT2D eigenvalue weighted by Gasteiger charge is -2.31. The van der Waals surface area contributed by atoms with Gasteiger partial charge in [-0.3, -0.25) is 10.2 Å². The second-order valence-electron chi connectivity index (χ2n) is 12.6.